The summed E-state index contributed by atoms with van der Waals surface area (Å²) in [6.45, 7) is 2.70. The molecule has 0 aliphatic carbocycles. The largest absolute Gasteiger partial charge is 0.506 e. The Morgan fingerprint density at radius 3 is 2.53 bits per heavy atom. The van der Waals surface area contributed by atoms with Crippen molar-refractivity contribution in [2.45, 2.75) is 24.7 Å². The van der Waals surface area contributed by atoms with Crippen LogP contribution >= 0.6 is 11.3 Å². The molecule has 0 radical (unpaired) electrons. The fourth-order valence-electron chi connectivity index (χ4n) is 3.34. The third kappa shape index (κ3) is 3.96. The van der Waals surface area contributed by atoms with E-state index in [1.54, 1.807) is 6.92 Å². The number of rotatable bonds is 5. The third-order valence-electron chi connectivity index (χ3n) is 4.94. The van der Waals surface area contributed by atoms with E-state index in [4.69, 9.17) is 0 Å². The summed E-state index contributed by atoms with van der Waals surface area (Å²) in [6, 6.07) is 13.5. The lowest BCUT2D eigenvalue weighted by molar-refractivity contribution is 0.102. The topological polar surface area (TPSA) is 99.6 Å². The first-order chi connectivity index (χ1) is 14.4. The van der Waals surface area contributed by atoms with Gasteiger partial charge in [0.05, 0.1) is 16.3 Å². The molecule has 1 aliphatic rings. The van der Waals surface area contributed by atoms with E-state index in [1.165, 1.54) is 33.8 Å². The minimum atomic E-state index is -3.66. The Kier molecular flexibility index (Phi) is 5.59. The van der Waals surface area contributed by atoms with Gasteiger partial charge in [-0.2, -0.15) is 4.31 Å². The van der Waals surface area contributed by atoms with Gasteiger partial charge in [-0.3, -0.25) is 4.79 Å². The Bertz CT molecular complexity index is 1180. The monoisotopic (exact) mass is 443 g/mol. The maximum atomic E-state index is 12.8. The first-order valence-corrected chi connectivity index (χ1v) is 11.8. The Labute approximate surface area is 179 Å². The zero-order valence-electron chi connectivity index (χ0n) is 16.3. The average Bonchev–Trinajstić information content (AvgIpc) is 3.40. The molecule has 2 heterocycles. The lowest BCUT2D eigenvalue weighted by atomic mass is 10.2. The lowest BCUT2D eigenvalue weighted by Crippen LogP contribution is -2.28. The highest BCUT2D eigenvalue weighted by Gasteiger charge is 2.28. The van der Waals surface area contributed by atoms with Crippen molar-refractivity contribution >= 4 is 33.0 Å². The Balaban J connectivity index is 1.60. The van der Waals surface area contributed by atoms with Crippen LogP contribution in [0.15, 0.2) is 53.4 Å². The number of amides is 1. The molecule has 2 N–H and O–H groups in total. The van der Waals surface area contributed by atoms with E-state index in [0.29, 0.717) is 28.7 Å². The number of hydrogen-bond acceptors (Lipinski definition) is 6. The second-order valence-corrected chi connectivity index (χ2v) is 9.98. The molecule has 1 amide bonds. The van der Waals surface area contributed by atoms with Crippen LogP contribution in [0.2, 0.25) is 0 Å². The Morgan fingerprint density at radius 2 is 1.83 bits per heavy atom. The van der Waals surface area contributed by atoms with Crippen molar-refractivity contribution in [2.24, 2.45) is 0 Å². The van der Waals surface area contributed by atoms with Crippen molar-refractivity contribution < 1.29 is 18.3 Å². The highest BCUT2D eigenvalue weighted by atomic mass is 32.2. The molecule has 1 aliphatic heterocycles. The highest BCUT2D eigenvalue weighted by Crippen LogP contribution is 2.32. The lowest BCUT2D eigenvalue weighted by Gasteiger charge is -2.16. The number of anilines is 1. The summed E-state index contributed by atoms with van der Waals surface area (Å²) in [6.07, 6.45) is 1.66. The number of nitrogens with one attached hydrogen (secondary N) is 1. The molecule has 0 bridgehead atoms. The highest BCUT2D eigenvalue weighted by molar-refractivity contribution is 7.89. The number of carbonyl (C=O) groups is 1. The van der Waals surface area contributed by atoms with E-state index in [0.717, 1.165) is 18.4 Å². The Hall–Kier alpha value is -2.75. The molecule has 30 heavy (non-hydrogen) atoms. The molecule has 1 aromatic heterocycles. The standard InChI is InChI=1S/C21H21N3O4S2/c1-14-19(29-21(22-14)15-7-3-2-4-8-15)20(26)23-17-13-16(9-10-18(17)25)30(27,28)24-11-5-6-12-24/h2-4,7-10,13,25H,5-6,11-12H2,1H3,(H,23,26). The second-order valence-electron chi connectivity index (χ2n) is 7.04. The number of phenolic OH excluding ortho intramolecular Hbond substituents is 1. The summed E-state index contributed by atoms with van der Waals surface area (Å²) in [5, 5.41) is 13.5. The maximum Gasteiger partial charge on any atom is 0.267 e. The number of phenols is 1. The van der Waals surface area contributed by atoms with Crippen LogP contribution in [0, 0.1) is 6.92 Å². The van der Waals surface area contributed by atoms with Crippen molar-refractivity contribution in [3.05, 3.63) is 59.1 Å². The minimum absolute atomic E-state index is 0.0449. The van der Waals surface area contributed by atoms with Crippen molar-refractivity contribution in [3.8, 4) is 16.3 Å². The molecule has 0 unspecified atom stereocenters. The van der Waals surface area contributed by atoms with Crippen LogP contribution < -0.4 is 5.32 Å². The number of aromatic hydroxyl groups is 1. The van der Waals surface area contributed by atoms with Crippen LogP contribution in [0.1, 0.15) is 28.2 Å². The molecule has 0 spiro atoms. The second kappa shape index (κ2) is 8.17. The van der Waals surface area contributed by atoms with E-state index >= 15 is 0 Å². The zero-order valence-corrected chi connectivity index (χ0v) is 18.0. The molecular weight excluding hydrogens is 422 g/mol. The smallest absolute Gasteiger partial charge is 0.267 e. The molecule has 1 saturated heterocycles. The van der Waals surface area contributed by atoms with Crippen molar-refractivity contribution in [1.29, 1.82) is 0 Å². The number of benzene rings is 2. The van der Waals surface area contributed by atoms with E-state index in [1.807, 2.05) is 30.3 Å². The van der Waals surface area contributed by atoms with Crippen LogP contribution in [0.5, 0.6) is 5.75 Å². The van der Waals surface area contributed by atoms with Gasteiger partial charge in [-0.15, -0.1) is 11.3 Å². The van der Waals surface area contributed by atoms with Gasteiger partial charge in [-0.25, -0.2) is 13.4 Å². The van der Waals surface area contributed by atoms with Gasteiger partial charge in [0.2, 0.25) is 10.0 Å². The number of thiazole rings is 1. The van der Waals surface area contributed by atoms with Crippen LogP contribution in [0.25, 0.3) is 10.6 Å². The fourth-order valence-corrected chi connectivity index (χ4v) is 5.85. The molecule has 0 saturated carbocycles. The van der Waals surface area contributed by atoms with Gasteiger partial charge in [-0.05, 0) is 38.0 Å². The molecule has 3 aromatic rings. The number of aromatic nitrogens is 1. The minimum Gasteiger partial charge on any atom is -0.506 e. The van der Waals surface area contributed by atoms with Gasteiger partial charge in [0, 0.05) is 18.7 Å². The van der Waals surface area contributed by atoms with Crippen molar-refractivity contribution in [2.75, 3.05) is 18.4 Å². The zero-order chi connectivity index (χ0) is 21.3. The molecular formula is C21H21N3O4S2. The predicted octanol–water partition coefficient (Wildman–Crippen LogP) is 3.86. The molecule has 7 nitrogen and oxygen atoms in total. The van der Waals surface area contributed by atoms with Crippen molar-refractivity contribution in [3.63, 3.8) is 0 Å². The Morgan fingerprint density at radius 1 is 1.13 bits per heavy atom. The van der Waals surface area contributed by atoms with E-state index < -0.39 is 15.9 Å². The number of sulfonamides is 1. The van der Waals surface area contributed by atoms with Crippen LogP contribution in [0.4, 0.5) is 5.69 Å². The van der Waals surface area contributed by atoms with Gasteiger partial charge in [0.1, 0.15) is 15.6 Å². The predicted molar refractivity (Wildman–Crippen MR) is 116 cm³/mol. The van der Waals surface area contributed by atoms with Gasteiger partial charge < -0.3 is 10.4 Å². The summed E-state index contributed by atoms with van der Waals surface area (Å²) >= 11 is 1.24. The molecule has 0 atom stereocenters. The van der Waals surface area contributed by atoms with Gasteiger partial charge >= 0.3 is 0 Å². The number of carbonyl (C=O) groups excluding carboxylic acids is 1. The maximum absolute atomic E-state index is 12.8. The summed E-state index contributed by atoms with van der Waals surface area (Å²) in [4.78, 5) is 17.8. The third-order valence-corrected chi connectivity index (χ3v) is 8.04. The van der Waals surface area contributed by atoms with Gasteiger partial charge in [-0.1, -0.05) is 30.3 Å². The van der Waals surface area contributed by atoms with Crippen LogP contribution in [-0.2, 0) is 10.0 Å². The van der Waals surface area contributed by atoms with E-state index in [2.05, 4.69) is 10.3 Å². The van der Waals surface area contributed by atoms with Crippen LogP contribution in [0.3, 0.4) is 0 Å². The van der Waals surface area contributed by atoms with Gasteiger partial charge in [0.15, 0.2) is 0 Å². The van der Waals surface area contributed by atoms with E-state index in [9.17, 15) is 18.3 Å². The normalized spacial score (nSPS) is 14.7. The molecule has 156 valence electrons. The molecule has 9 heteroatoms. The summed E-state index contributed by atoms with van der Waals surface area (Å²) in [5.74, 6) is -0.646. The first-order valence-electron chi connectivity index (χ1n) is 9.53. The van der Waals surface area contributed by atoms with E-state index in [-0.39, 0.29) is 16.3 Å². The number of nitrogens with zero attached hydrogens (tertiary/aromatic N) is 2. The molecule has 2 aromatic carbocycles. The fraction of sp³-hybridized carbons (Fsp3) is 0.238. The average molecular weight is 444 g/mol. The summed E-state index contributed by atoms with van der Waals surface area (Å²) in [7, 11) is -3.66. The summed E-state index contributed by atoms with van der Waals surface area (Å²) < 4.78 is 27.0. The number of aryl methyl sites for hydroxylation is 1. The summed E-state index contributed by atoms with van der Waals surface area (Å²) in [5.41, 5.74) is 1.53. The molecule has 1 fully saturated rings. The van der Waals surface area contributed by atoms with Crippen LogP contribution in [-0.4, -0.2) is 41.8 Å². The molecule has 4 rings (SSSR count). The van der Waals surface area contributed by atoms with Gasteiger partial charge in [0.25, 0.3) is 5.91 Å². The SMILES string of the molecule is Cc1nc(-c2ccccc2)sc1C(=O)Nc1cc(S(=O)(=O)N2CCCC2)ccc1O. The quantitative estimate of drug-likeness (QED) is 0.584. The number of hydrogen-bond donors (Lipinski definition) is 2. The first kappa shape index (κ1) is 20.5. The van der Waals surface area contributed by atoms with Crippen molar-refractivity contribution in [1.82, 2.24) is 9.29 Å².